The first-order chi connectivity index (χ1) is 12.1. The highest BCUT2D eigenvalue weighted by Gasteiger charge is 2.14. The molecule has 2 aromatic heterocycles. The summed E-state index contributed by atoms with van der Waals surface area (Å²) in [5.74, 6) is 1.79. The maximum atomic E-state index is 12.5. The van der Waals surface area contributed by atoms with Gasteiger partial charge in [0.15, 0.2) is 5.82 Å². The normalized spacial score (nSPS) is 10.7. The van der Waals surface area contributed by atoms with Crippen molar-refractivity contribution in [2.24, 2.45) is 0 Å². The number of amides is 1. The predicted octanol–water partition coefficient (Wildman–Crippen LogP) is 3.25. The van der Waals surface area contributed by atoms with Crippen molar-refractivity contribution in [3.05, 3.63) is 54.0 Å². The molecule has 2 N–H and O–H groups in total. The van der Waals surface area contributed by atoms with Crippen molar-refractivity contribution in [3.63, 3.8) is 0 Å². The Morgan fingerprint density at radius 2 is 2.00 bits per heavy atom. The number of para-hydroxylation sites is 1. The lowest BCUT2D eigenvalue weighted by atomic mass is 10.1. The van der Waals surface area contributed by atoms with Crippen LogP contribution < -0.4 is 10.1 Å². The Kier molecular flexibility index (Phi) is 4.74. The molecule has 0 spiro atoms. The van der Waals surface area contributed by atoms with Crippen molar-refractivity contribution in [2.75, 3.05) is 12.4 Å². The van der Waals surface area contributed by atoms with Crippen molar-refractivity contribution < 1.29 is 9.53 Å². The number of nitrogens with one attached hydrogen (secondary N) is 2. The quantitative estimate of drug-likeness (QED) is 0.745. The molecule has 0 saturated heterocycles. The molecule has 1 aromatic carbocycles. The standard InChI is InChI=1S/C18H19N5O2/c1-11(2)16-21-17(23-22-16)13-6-4-5-7-14(13)20-18(24)12-8-9-15(25-3)19-10-12/h4-11H,1-3H3,(H,20,24)(H,21,22,23). The number of ether oxygens (including phenoxy) is 1. The van der Waals surface area contributed by atoms with Crippen molar-refractivity contribution in [1.82, 2.24) is 20.2 Å². The molecule has 0 unspecified atom stereocenters. The average Bonchev–Trinajstić information content (AvgIpc) is 3.12. The summed E-state index contributed by atoms with van der Waals surface area (Å²) >= 11 is 0. The topological polar surface area (TPSA) is 92.8 Å². The number of benzene rings is 1. The third kappa shape index (κ3) is 3.65. The summed E-state index contributed by atoms with van der Waals surface area (Å²) in [6.45, 7) is 4.07. The number of H-pyrrole nitrogens is 1. The van der Waals surface area contributed by atoms with Gasteiger partial charge in [0.05, 0.1) is 18.4 Å². The highest BCUT2D eigenvalue weighted by Crippen LogP contribution is 2.26. The van der Waals surface area contributed by atoms with Gasteiger partial charge in [-0.05, 0) is 18.2 Å². The van der Waals surface area contributed by atoms with Crippen molar-refractivity contribution in [1.29, 1.82) is 0 Å². The molecular weight excluding hydrogens is 318 g/mol. The Morgan fingerprint density at radius 1 is 1.20 bits per heavy atom. The van der Waals surface area contributed by atoms with Crippen molar-refractivity contribution in [2.45, 2.75) is 19.8 Å². The number of aromatic nitrogens is 4. The van der Waals surface area contributed by atoms with E-state index in [4.69, 9.17) is 4.74 Å². The predicted molar refractivity (Wildman–Crippen MR) is 94.6 cm³/mol. The van der Waals surface area contributed by atoms with Crippen molar-refractivity contribution in [3.8, 4) is 17.3 Å². The number of rotatable bonds is 5. The second-order valence-electron chi connectivity index (χ2n) is 5.79. The molecule has 0 atom stereocenters. The summed E-state index contributed by atoms with van der Waals surface area (Å²) in [6, 6.07) is 10.7. The number of carbonyl (C=O) groups is 1. The van der Waals surface area contributed by atoms with Gasteiger partial charge in [-0.3, -0.25) is 9.89 Å². The number of anilines is 1. The van der Waals surface area contributed by atoms with Gasteiger partial charge < -0.3 is 10.1 Å². The molecule has 0 aliphatic rings. The van der Waals surface area contributed by atoms with Crippen LogP contribution in [0.5, 0.6) is 5.88 Å². The molecule has 0 aliphatic carbocycles. The molecule has 3 rings (SSSR count). The molecule has 0 aliphatic heterocycles. The smallest absolute Gasteiger partial charge is 0.257 e. The molecule has 128 valence electrons. The molecule has 2 heterocycles. The second-order valence-corrected chi connectivity index (χ2v) is 5.79. The molecular formula is C18H19N5O2. The summed E-state index contributed by atoms with van der Waals surface area (Å²) in [4.78, 5) is 21.0. The van der Waals surface area contributed by atoms with Crippen molar-refractivity contribution >= 4 is 11.6 Å². The van der Waals surface area contributed by atoms with Crippen LogP contribution in [0.4, 0.5) is 5.69 Å². The van der Waals surface area contributed by atoms with Gasteiger partial charge in [-0.15, -0.1) is 0 Å². The van der Waals surface area contributed by atoms with E-state index in [0.717, 1.165) is 11.4 Å². The molecule has 0 radical (unpaired) electrons. The van der Waals surface area contributed by atoms with Crippen LogP contribution in [-0.2, 0) is 0 Å². The lowest BCUT2D eigenvalue weighted by molar-refractivity contribution is 0.102. The fraction of sp³-hybridized carbons (Fsp3) is 0.222. The number of pyridine rings is 1. The Hall–Kier alpha value is -3.22. The van der Waals surface area contributed by atoms with Crippen LogP contribution in [0.25, 0.3) is 11.4 Å². The zero-order valence-electron chi connectivity index (χ0n) is 14.3. The van der Waals surface area contributed by atoms with E-state index in [1.165, 1.54) is 13.3 Å². The van der Waals surface area contributed by atoms with Crippen LogP contribution in [0, 0.1) is 0 Å². The molecule has 0 bridgehead atoms. The van der Waals surface area contributed by atoms with E-state index in [1.54, 1.807) is 12.1 Å². The molecule has 7 heteroatoms. The van der Waals surface area contributed by atoms with Gasteiger partial charge in [0.2, 0.25) is 5.88 Å². The Balaban J connectivity index is 1.86. The maximum absolute atomic E-state index is 12.5. The van der Waals surface area contributed by atoms with E-state index in [9.17, 15) is 4.79 Å². The molecule has 0 fully saturated rings. The van der Waals surface area contributed by atoms with Gasteiger partial charge in [0.1, 0.15) is 5.82 Å². The summed E-state index contributed by atoms with van der Waals surface area (Å²) in [5.41, 5.74) is 1.83. The minimum Gasteiger partial charge on any atom is -0.481 e. The zero-order valence-corrected chi connectivity index (χ0v) is 14.3. The number of carbonyl (C=O) groups excluding carboxylic acids is 1. The molecule has 3 aromatic rings. The molecule has 0 saturated carbocycles. The lowest BCUT2D eigenvalue weighted by Crippen LogP contribution is -2.13. The molecule has 7 nitrogen and oxygen atoms in total. The van der Waals surface area contributed by atoms with Gasteiger partial charge in [0.25, 0.3) is 5.91 Å². The largest absolute Gasteiger partial charge is 0.481 e. The minimum absolute atomic E-state index is 0.244. The van der Waals surface area contributed by atoms with Gasteiger partial charge in [-0.1, -0.05) is 26.0 Å². The number of hydrogen-bond donors (Lipinski definition) is 2. The summed E-state index contributed by atoms with van der Waals surface area (Å²) in [7, 11) is 1.53. The van der Waals surface area contributed by atoms with Crippen LogP contribution >= 0.6 is 0 Å². The minimum atomic E-state index is -0.262. The Bertz CT molecular complexity index is 871. The Labute approximate surface area is 145 Å². The van der Waals surface area contributed by atoms with E-state index < -0.39 is 0 Å². The lowest BCUT2D eigenvalue weighted by Gasteiger charge is -2.09. The number of nitrogens with zero attached hydrogens (tertiary/aromatic N) is 3. The first-order valence-corrected chi connectivity index (χ1v) is 7.91. The van der Waals surface area contributed by atoms with E-state index in [2.05, 4.69) is 25.5 Å². The molecule has 25 heavy (non-hydrogen) atoms. The van der Waals surface area contributed by atoms with Crippen LogP contribution in [0.1, 0.15) is 35.9 Å². The monoisotopic (exact) mass is 337 g/mol. The fourth-order valence-corrected chi connectivity index (χ4v) is 2.27. The van der Waals surface area contributed by atoms with Gasteiger partial charge in [0, 0.05) is 23.7 Å². The summed E-state index contributed by atoms with van der Waals surface area (Å²) in [6.07, 6.45) is 1.47. The summed E-state index contributed by atoms with van der Waals surface area (Å²) in [5, 5.41) is 10.1. The van der Waals surface area contributed by atoms with E-state index >= 15 is 0 Å². The van der Waals surface area contributed by atoms with Crippen LogP contribution in [0.15, 0.2) is 42.6 Å². The first-order valence-electron chi connectivity index (χ1n) is 7.91. The van der Waals surface area contributed by atoms with E-state index in [0.29, 0.717) is 23.0 Å². The number of hydrogen-bond acceptors (Lipinski definition) is 5. The number of methoxy groups -OCH3 is 1. The first kappa shape index (κ1) is 16.6. The maximum Gasteiger partial charge on any atom is 0.257 e. The second kappa shape index (κ2) is 7.12. The number of aromatic amines is 1. The van der Waals surface area contributed by atoms with Crippen LogP contribution in [0.3, 0.4) is 0 Å². The third-order valence-corrected chi connectivity index (χ3v) is 3.67. The van der Waals surface area contributed by atoms with Crippen LogP contribution in [0.2, 0.25) is 0 Å². The molecule has 1 amide bonds. The Morgan fingerprint density at radius 3 is 2.64 bits per heavy atom. The van der Waals surface area contributed by atoms with Gasteiger partial charge in [-0.2, -0.15) is 5.10 Å². The van der Waals surface area contributed by atoms with Gasteiger partial charge >= 0.3 is 0 Å². The highest BCUT2D eigenvalue weighted by atomic mass is 16.5. The highest BCUT2D eigenvalue weighted by molar-refractivity contribution is 6.05. The van der Waals surface area contributed by atoms with E-state index in [-0.39, 0.29) is 11.8 Å². The van der Waals surface area contributed by atoms with Gasteiger partial charge in [-0.25, -0.2) is 9.97 Å². The van der Waals surface area contributed by atoms with Crippen LogP contribution in [-0.4, -0.2) is 33.2 Å². The summed E-state index contributed by atoms with van der Waals surface area (Å²) < 4.78 is 5.00. The third-order valence-electron chi connectivity index (χ3n) is 3.67. The van der Waals surface area contributed by atoms with E-state index in [1.807, 2.05) is 38.1 Å². The SMILES string of the molecule is COc1ccc(C(=O)Nc2ccccc2-c2n[nH]c(C(C)C)n2)cn1. The average molecular weight is 337 g/mol. The fourth-order valence-electron chi connectivity index (χ4n) is 2.27. The zero-order chi connectivity index (χ0) is 17.8.